The Kier molecular flexibility index (Phi) is 7.56. The van der Waals surface area contributed by atoms with E-state index in [1.807, 2.05) is 22.6 Å². The molecule has 0 saturated carbocycles. The zero-order chi connectivity index (χ0) is 21.2. The Morgan fingerprint density at radius 1 is 1.31 bits per heavy atom. The predicted molar refractivity (Wildman–Crippen MR) is 116 cm³/mol. The maximum absolute atomic E-state index is 13.1. The van der Waals surface area contributed by atoms with Crippen LogP contribution in [0.3, 0.4) is 0 Å². The van der Waals surface area contributed by atoms with Gasteiger partial charge in [-0.2, -0.15) is 13.2 Å². The second-order valence-corrected chi connectivity index (χ2v) is 8.48. The molecule has 0 spiro atoms. The average Bonchev–Trinajstić information content (AvgIpc) is 3.03. The Balaban J connectivity index is 1.56. The normalized spacial score (nSPS) is 26.3. The molecule has 0 radical (unpaired) electrons. The molecule has 2 atom stereocenters. The minimum atomic E-state index is -4.50. The first kappa shape index (κ1) is 22.9. The summed E-state index contributed by atoms with van der Waals surface area (Å²) in [5.41, 5.74) is 4.06. The van der Waals surface area contributed by atoms with E-state index < -0.39 is 12.2 Å². The van der Waals surface area contributed by atoms with Gasteiger partial charge in [-0.05, 0) is 12.8 Å². The second kappa shape index (κ2) is 9.57. The third-order valence-electron chi connectivity index (χ3n) is 5.64. The molecule has 10 heteroatoms. The number of rotatable bonds is 5. The average molecular weight is 545 g/mol. The van der Waals surface area contributed by atoms with Crippen molar-refractivity contribution in [2.75, 3.05) is 37.2 Å². The van der Waals surface area contributed by atoms with Crippen LogP contribution in [-0.4, -0.2) is 76.1 Å². The zero-order valence-corrected chi connectivity index (χ0v) is 19.1. The van der Waals surface area contributed by atoms with Crippen molar-refractivity contribution in [2.24, 2.45) is 0 Å². The molecule has 0 aromatic rings. The van der Waals surface area contributed by atoms with Gasteiger partial charge in [0, 0.05) is 36.6 Å². The summed E-state index contributed by atoms with van der Waals surface area (Å²) in [6, 6.07) is -1.57. The van der Waals surface area contributed by atoms with Crippen molar-refractivity contribution in [3.63, 3.8) is 0 Å². The van der Waals surface area contributed by atoms with Gasteiger partial charge in [0.25, 0.3) is 0 Å². The molecule has 1 fully saturated rings. The van der Waals surface area contributed by atoms with E-state index in [1.54, 1.807) is 4.90 Å². The number of carbonyl (C=O) groups excluding carboxylic acids is 1. The summed E-state index contributed by atoms with van der Waals surface area (Å²) in [6.07, 6.45) is 3.91. The largest absolute Gasteiger partial charge is 0.410 e. The molecular formula is C19H25ClF3IN4O. The Morgan fingerprint density at radius 3 is 2.59 bits per heavy atom. The van der Waals surface area contributed by atoms with E-state index in [0.717, 1.165) is 25.9 Å². The van der Waals surface area contributed by atoms with Gasteiger partial charge in [-0.15, -0.1) is 0 Å². The van der Waals surface area contributed by atoms with Crippen LogP contribution in [0.1, 0.15) is 19.8 Å². The molecule has 3 rings (SSSR count). The topological polar surface area (TPSA) is 38.8 Å². The monoisotopic (exact) mass is 544 g/mol. The van der Waals surface area contributed by atoms with E-state index in [4.69, 9.17) is 11.6 Å². The number of hydrazine groups is 1. The van der Waals surface area contributed by atoms with Crippen LogP contribution >= 0.6 is 34.2 Å². The summed E-state index contributed by atoms with van der Waals surface area (Å²) >= 11 is 7.89. The van der Waals surface area contributed by atoms with Crippen molar-refractivity contribution in [3.05, 3.63) is 34.5 Å². The van der Waals surface area contributed by atoms with E-state index in [9.17, 15) is 18.0 Å². The van der Waals surface area contributed by atoms with Crippen molar-refractivity contribution in [2.45, 2.75) is 38.0 Å². The van der Waals surface area contributed by atoms with E-state index in [-0.39, 0.29) is 17.5 Å². The fraction of sp³-hybridized carbons (Fsp3) is 0.632. The smallest absolute Gasteiger partial charge is 0.339 e. The van der Waals surface area contributed by atoms with Crippen LogP contribution in [0.5, 0.6) is 0 Å². The van der Waals surface area contributed by atoms with Crippen LogP contribution in [-0.2, 0) is 4.79 Å². The lowest BCUT2D eigenvalue weighted by molar-refractivity contribution is -0.153. The predicted octanol–water partition coefficient (Wildman–Crippen LogP) is 3.43. The lowest BCUT2D eigenvalue weighted by Gasteiger charge is -2.41. The molecule has 0 bridgehead atoms. The molecule has 3 aliphatic rings. The Hall–Kier alpha value is -0.780. The summed E-state index contributed by atoms with van der Waals surface area (Å²) in [5, 5.41) is 0.972. The highest BCUT2D eigenvalue weighted by molar-refractivity contribution is 14.1. The number of nitrogens with one attached hydrogen (secondary N) is 1. The number of allylic oxidation sites excluding steroid dienone is 3. The summed E-state index contributed by atoms with van der Waals surface area (Å²) in [6.45, 7) is 4.66. The van der Waals surface area contributed by atoms with Crippen molar-refractivity contribution < 1.29 is 18.0 Å². The number of piperazine rings is 1. The number of nitrogens with zero attached hydrogens (tertiary/aromatic N) is 3. The summed E-state index contributed by atoms with van der Waals surface area (Å²) in [5.74, 6) is -0.193. The van der Waals surface area contributed by atoms with Crippen LogP contribution in [0.4, 0.5) is 13.2 Å². The second-order valence-electron chi connectivity index (χ2n) is 7.31. The van der Waals surface area contributed by atoms with Gasteiger partial charge in [-0.1, -0.05) is 64.9 Å². The first-order valence-electron chi connectivity index (χ1n) is 9.68. The highest BCUT2D eigenvalue weighted by Gasteiger charge is 2.48. The molecule has 2 aliphatic heterocycles. The summed E-state index contributed by atoms with van der Waals surface area (Å²) in [7, 11) is 0. The van der Waals surface area contributed by atoms with Crippen LogP contribution in [0, 0.1) is 0 Å². The van der Waals surface area contributed by atoms with Crippen molar-refractivity contribution in [1.29, 1.82) is 0 Å². The minimum Gasteiger partial charge on any atom is -0.339 e. The van der Waals surface area contributed by atoms with Crippen molar-refractivity contribution >= 4 is 40.1 Å². The molecule has 2 unspecified atom stereocenters. The van der Waals surface area contributed by atoms with Crippen LogP contribution in [0.15, 0.2) is 34.5 Å². The minimum absolute atomic E-state index is 0.159. The van der Waals surface area contributed by atoms with E-state index in [2.05, 4.69) is 35.5 Å². The van der Waals surface area contributed by atoms with Gasteiger partial charge in [-0.3, -0.25) is 9.69 Å². The van der Waals surface area contributed by atoms with Crippen LogP contribution in [0.2, 0.25) is 0 Å². The molecule has 1 aliphatic carbocycles. The Bertz CT molecular complexity index is 717. The SMILES string of the molecule is CCC1=CC=CCC1N1CCN(C(=O)CN2NC(C(F)(F)F)C(Cl)=C2CI)CC1. The van der Waals surface area contributed by atoms with Gasteiger partial charge in [0.1, 0.15) is 6.54 Å². The number of hydrogen-bond acceptors (Lipinski definition) is 4. The maximum Gasteiger partial charge on any atom is 0.410 e. The van der Waals surface area contributed by atoms with Gasteiger partial charge in [0.15, 0.2) is 6.04 Å². The van der Waals surface area contributed by atoms with Crippen molar-refractivity contribution in [1.82, 2.24) is 20.2 Å². The van der Waals surface area contributed by atoms with E-state index in [1.165, 1.54) is 10.6 Å². The molecule has 1 N–H and O–H groups in total. The Morgan fingerprint density at radius 2 is 2.00 bits per heavy atom. The quantitative estimate of drug-likeness (QED) is 0.425. The first-order chi connectivity index (χ1) is 13.8. The van der Waals surface area contributed by atoms with Crippen LogP contribution in [0.25, 0.3) is 0 Å². The zero-order valence-electron chi connectivity index (χ0n) is 16.2. The number of alkyl halides is 4. The van der Waals surface area contributed by atoms with Gasteiger partial charge in [0.05, 0.1) is 10.7 Å². The summed E-state index contributed by atoms with van der Waals surface area (Å²) < 4.78 is 39.7. The van der Waals surface area contributed by atoms with E-state index >= 15 is 0 Å². The fourth-order valence-corrected chi connectivity index (χ4v) is 5.39. The molecule has 1 amide bonds. The molecule has 2 heterocycles. The standard InChI is InChI=1S/C19H25ClF3IN4O/c1-2-13-5-3-4-6-14(13)26-7-9-27(10-8-26)16(29)12-28-15(11-24)17(20)18(25-28)19(21,22)23/h3-5,14,18,25H,2,6-12H2,1H3. The molecular weight excluding hydrogens is 520 g/mol. The number of amides is 1. The molecule has 0 aromatic heterocycles. The molecule has 0 aromatic carbocycles. The maximum atomic E-state index is 13.1. The van der Waals surface area contributed by atoms with Gasteiger partial charge in [-0.25, -0.2) is 5.43 Å². The Labute approximate surface area is 187 Å². The lowest BCUT2D eigenvalue weighted by Crippen LogP contribution is -2.55. The van der Waals surface area contributed by atoms with E-state index in [0.29, 0.717) is 29.3 Å². The third-order valence-corrected chi connectivity index (χ3v) is 6.80. The lowest BCUT2D eigenvalue weighted by atomic mass is 9.95. The third kappa shape index (κ3) is 5.11. The van der Waals surface area contributed by atoms with Crippen molar-refractivity contribution in [3.8, 4) is 0 Å². The molecule has 29 heavy (non-hydrogen) atoms. The highest BCUT2D eigenvalue weighted by Crippen LogP contribution is 2.35. The molecule has 1 saturated heterocycles. The number of carbonyl (C=O) groups is 1. The highest BCUT2D eigenvalue weighted by atomic mass is 127. The number of hydrogen-bond donors (Lipinski definition) is 1. The van der Waals surface area contributed by atoms with Crippen LogP contribution < -0.4 is 5.43 Å². The molecule has 5 nitrogen and oxygen atoms in total. The first-order valence-corrected chi connectivity index (χ1v) is 11.6. The van der Waals surface area contributed by atoms with Gasteiger partial charge < -0.3 is 9.91 Å². The summed E-state index contributed by atoms with van der Waals surface area (Å²) in [4.78, 5) is 16.9. The van der Waals surface area contributed by atoms with Gasteiger partial charge in [0.2, 0.25) is 5.91 Å². The number of halogens is 5. The molecule has 162 valence electrons. The fourth-order valence-electron chi connectivity index (χ4n) is 4.00. The van der Waals surface area contributed by atoms with Gasteiger partial charge >= 0.3 is 6.18 Å².